The molecule has 1 unspecified atom stereocenters. The van der Waals surface area contributed by atoms with Crippen LogP contribution in [0, 0.1) is 6.92 Å². The number of nitrogens with one attached hydrogen (secondary N) is 1. The lowest BCUT2D eigenvalue weighted by molar-refractivity contribution is 0.606. The van der Waals surface area contributed by atoms with Crippen molar-refractivity contribution in [2.45, 2.75) is 32.2 Å². The average Bonchev–Trinajstić information content (AvgIpc) is 3.02. The molecule has 1 atom stereocenters. The van der Waals surface area contributed by atoms with Crippen molar-refractivity contribution in [1.29, 1.82) is 0 Å². The van der Waals surface area contributed by atoms with Gasteiger partial charge >= 0.3 is 0 Å². The van der Waals surface area contributed by atoms with Gasteiger partial charge in [0.15, 0.2) is 0 Å². The summed E-state index contributed by atoms with van der Waals surface area (Å²) in [4.78, 5) is 9.22. The van der Waals surface area contributed by atoms with Gasteiger partial charge in [0, 0.05) is 25.5 Å². The average molecular weight is 319 g/mol. The van der Waals surface area contributed by atoms with E-state index in [0.29, 0.717) is 12.0 Å². The molecule has 1 aliphatic carbocycles. The zero-order chi connectivity index (χ0) is 16.5. The van der Waals surface area contributed by atoms with Crippen molar-refractivity contribution in [3.8, 4) is 11.4 Å². The molecule has 5 heteroatoms. The van der Waals surface area contributed by atoms with Crippen LogP contribution in [0.15, 0.2) is 42.7 Å². The molecule has 3 aromatic rings. The van der Waals surface area contributed by atoms with Crippen molar-refractivity contribution in [3.63, 3.8) is 0 Å². The van der Waals surface area contributed by atoms with Gasteiger partial charge in [-0.15, -0.1) is 0 Å². The summed E-state index contributed by atoms with van der Waals surface area (Å²) in [6, 6.07) is 11.0. The topological polar surface area (TPSA) is 55.6 Å². The standard InChI is InChI=1S/C19H21N5/c1-13-12-20-19(23-18(13)17-9-10-21-24(17)2)22-16-8-7-14-5-3-4-6-15(14)11-16/h3-6,9-10,12,16H,7-8,11H2,1-2H3,(H,20,22,23). The Morgan fingerprint density at radius 2 is 2.00 bits per heavy atom. The van der Waals surface area contributed by atoms with Crippen LogP contribution in [0.4, 0.5) is 5.95 Å². The number of aromatic nitrogens is 4. The lowest BCUT2D eigenvalue weighted by Crippen LogP contribution is -2.28. The number of nitrogens with zero attached hydrogens (tertiary/aromatic N) is 4. The first kappa shape index (κ1) is 14.9. The van der Waals surface area contributed by atoms with Crippen LogP contribution in [0.1, 0.15) is 23.1 Å². The predicted octanol–water partition coefficient (Wildman–Crippen LogP) is 3.15. The normalized spacial score (nSPS) is 16.7. The van der Waals surface area contributed by atoms with E-state index in [1.54, 1.807) is 6.20 Å². The van der Waals surface area contributed by atoms with Crippen LogP contribution >= 0.6 is 0 Å². The molecular formula is C19H21N5. The molecule has 122 valence electrons. The number of benzene rings is 1. The molecule has 5 nitrogen and oxygen atoms in total. The molecule has 2 heterocycles. The van der Waals surface area contributed by atoms with Gasteiger partial charge in [-0.3, -0.25) is 4.68 Å². The fourth-order valence-electron chi connectivity index (χ4n) is 3.38. The maximum Gasteiger partial charge on any atom is 0.223 e. The van der Waals surface area contributed by atoms with E-state index in [1.807, 2.05) is 30.9 Å². The van der Waals surface area contributed by atoms with E-state index in [4.69, 9.17) is 4.98 Å². The van der Waals surface area contributed by atoms with E-state index in [0.717, 1.165) is 36.2 Å². The lowest BCUT2D eigenvalue weighted by Gasteiger charge is -2.25. The van der Waals surface area contributed by atoms with Crippen LogP contribution in [0.25, 0.3) is 11.4 Å². The molecule has 24 heavy (non-hydrogen) atoms. The van der Waals surface area contributed by atoms with Gasteiger partial charge in [0.2, 0.25) is 5.95 Å². The highest BCUT2D eigenvalue weighted by Gasteiger charge is 2.19. The molecule has 0 bridgehead atoms. The summed E-state index contributed by atoms with van der Waals surface area (Å²) in [6.45, 7) is 2.03. The third-order valence-electron chi connectivity index (χ3n) is 4.72. The van der Waals surface area contributed by atoms with Gasteiger partial charge < -0.3 is 5.32 Å². The largest absolute Gasteiger partial charge is 0.351 e. The minimum absolute atomic E-state index is 0.377. The highest BCUT2D eigenvalue weighted by atomic mass is 15.3. The van der Waals surface area contributed by atoms with Gasteiger partial charge in [0.1, 0.15) is 0 Å². The monoisotopic (exact) mass is 319 g/mol. The third kappa shape index (κ3) is 2.77. The molecule has 0 aliphatic heterocycles. The smallest absolute Gasteiger partial charge is 0.223 e. The Hall–Kier alpha value is -2.69. The van der Waals surface area contributed by atoms with E-state index in [9.17, 15) is 0 Å². The summed E-state index contributed by atoms with van der Waals surface area (Å²) in [7, 11) is 1.93. The van der Waals surface area contributed by atoms with Gasteiger partial charge in [-0.25, -0.2) is 9.97 Å². The Kier molecular flexibility index (Phi) is 3.76. The van der Waals surface area contributed by atoms with Gasteiger partial charge in [-0.05, 0) is 48.9 Å². The molecule has 1 aromatic carbocycles. The maximum absolute atomic E-state index is 4.74. The lowest BCUT2D eigenvalue weighted by atomic mass is 9.88. The number of rotatable bonds is 3. The van der Waals surface area contributed by atoms with Crippen LogP contribution in [0.5, 0.6) is 0 Å². The minimum Gasteiger partial charge on any atom is -0.351 e. The highest BCUT2D eigenvalue weighted by Crippen LogP contribution is 2.24. The Balaban J connectivity index is 1.57. The van der Waals surface area contributed by atoms with E-state index < -0.39 is 0 Å². The fourth-order valence-corrected chi connectivity index (χ4v) is 3.38. The number of hydrogen-bond donors (Lipinski definition) is 1. The van der Waals surface area contributed by atoms with Crippen molar-refractivity contribution in [1.82, 2.24) is 19.7 Å². The van der Waals surface area contributed by atoms with Crippen molar-refractivity contribution in [3.05, 3.63) is 59.4 Å². The molecule has 1 aliphatic rings. The maximum atomic E-state index is 4.74. The predicted molar refractivity (Wildman–Crippen MR) is 94.8 cm³/mol. The molecule has 0 fully saturated rings. The number of anilines is 1. The van der Waals surface area contributed by atoms with Crippen LogP contribution in [0.2, 0.25) is 0 Å². The second-order valence-corrected chi connectivity index (χ2v) is 6.42. The van der Waals surface area contributed by atoms with Crippen LogP contribution in [-0.4, -0.2) is 25.8 Å². The summed E-state index contributed by atoms with van der Waals surface area (Å²) in [6.07, 6.45) is 6.91. The molecule has 0 spiro atoms. The van der Waals surface area contributed by atoms with E-state index in [1.165, 1.54) is 11.1 Å². The molecular weight excluding hydrogens is 298 g/mol. The van der Waals surface area contributed by atoms with E-state index >= 15 is 0 Å². The number of aryl methyl sites for hydroxylation is 3. The minimum atomic E-state index is 0.377. The Labute approximate surface area is 141 Å². The molecule has 2 aromatic heterocycles. The zero-order valence-corrected chi connectivity index (χ0v) is 14.0. The molecule has 0 radical (unpaired) electrons. The Morgan fingerprint density at radius 3 is 2.79 bits per heavy atom. The van der Waals surface area contributed by atoms with Gasteiger partial charge in [0.25, 0.3) is 0 Å². The second-order valence-electron chi connectivity index (χ2n) is 6.42. The zero-order valence-electron chi connectivity index (χ0n) is 14.0. The number of fused-ring (bicyclic) bond motifs is 1. The van der Waals surface area contributed by atoms with Crippen LogP contribution < -0.4 is 5.32 Å². The summed E-state index contributed by atoms with van der Waals surface area (Å²) >= 11 is 0. The van der Waals surface area contributed by atoms with Crippen molar-refractivity contribution >= 4 is 5.95 Å². The fraction of sp³-hybridized carbons (Fsp3) is 0.316. The number of hydrogen-bond acceptors (Lipinski definition) is 4. The van der Waals surface area contributed by atoms with Crippen molar-refractivity contribution in [2.75, 3.05) is 5.32 Å². The molecule has 0 amide bonds. The molecule has 0 saturated heterocycles. The first-order valence-electron chi connectivity index (χ1n) is 8.36. The quantitative estimate of drug-likeness (QED) is 0.806. The summed E-state index contributed by atoms with van der Waals surface area (Å²) in [5.41, 5.74) is 5.89. The van der Waals surface area contributed by atoms with Crippen molar-refractivity contribution in [2.24, 2.45) is 7.05 Å². The summed E-state index contributed by atoms with van der Waals surface area (Å²) < 4.78 is 1.84. The summed E-state index contributed by atoms with van der Waals surface area (Å²) in [5, 5.41) is 7.76. The SMILES string of the molecule is Cc1cnc(NC2CCc3ccccc3C2)nc1-c1ccnn1C. The highest BCUT2D eigenvalue weighted by molar-refractivity contribution is 5.59. The first-order chi connectivity index (χ1) is 11.7. The van der Waals surface area contributed by atoms with Gasteiger partial charge in [0.05, 0.1) is 11.4 Å². The third-order valence-corrected chi connectivity index (χ3v) is 4.72. The van der Waals surface area contributed by atoms with Crippen LogP contribution in [-0.2, 0) is 19.9 Å². The van der Waals surface area contributed by atoms with Gasteiger partial charge in [-0.1, -0.05) is 24.3 Å². The second kappa shape index (κ2) is 6.07. The molecule has 1 N–H and O–H groups in total. The van der Waals surface area contributed by atoms with Gasteiger partial charge in [-0.2, -0.15) is 5.10 Å². The van der Waals surface area contributed by atoms with Crippen molar-refractivity contribution < 1.29 is 0 Å². The molecule has 4 rings (SSSR count). The molecule has 0 saturated carbocycles. The Bertz CT molecular complexity index is 868. The summed E-state index contributed by atoms with van der Waals surface area (Å²) in [5.74, 6) is 0.696. The Morgan fingerprint density at radius 1 is 1.17 bits per heavy atom. The van der Waals surface area contributed by atoms with E-state index in [-0.39, 0.29) is 0 Å². The van der Waals surface area contributed by atoms with E-state index in [2.05, 4.69) is 39.7 Å². The van der Waals surface area contributed by atoms with Crippen LogP contribution in [0.3, 0.4) is 0 Å². The first-order valence-corrected chi connectivity index (χ1v) is 8.36.